The van der Waals surface area contributed by atoms with E-state index in [1.807, 2.05) is 6.92 Å². The van der Waals surface area contributed by atoms with Crippen molar-refractivity contribution in [1.82, 2.24) is 0 Å². The fourth-order valence-electron chi connectivity index (χ4n) is 3.17. The summed E-state index contributed by atoms with van der Waals surface area (Å²) >= 11 is 6.50. The molecule has 1 atom stereocenters. The minimum atomic E-state index is -0.301. The predicted molar refractivity (Wildman–Crippen MR) is 88.5 cm³/mol. The van der Waals surface area contributed by atoms with Crippen LogP contribution in [0.1, 0.15) is 103 Å². The topological polar surface area (TPSA) is 17.1 Å². The normalized spacial score (nSPS) is 29.8. The quantitative estimate of drug-likeness (QED) is 0.472. The van der Waals surface area contributed by atoms with Gasteiger partial charge >= 0.3 is 0 Å². The van der Waals surface area contributed by atoms with E-state index in [0.717, 1.165) is 19.3 Å². The van der Waals surface area contributed by atoms with Crippen molar-refractivity contribution in [2.75, 3.05) is 0 Å². The molecule has 1 saturated carbocycles. The summed E-state index contributed by atoms with van der Waals surface area (Å²) < 4.78 is 0. The van der Waals surface area contributed by atoms with E-state index in [2.05, 4.69) is 0 Å². The van der Waals surface area contributed by atoms with E-state index in [1.54, 1.807) is 0 Å². The first-order chi connectivity index (χ1) is 9.60. The third-order valence-corrected chi connectivity index (χ3v) is 4.79. The molecule has 1 fully saturated rings. The Bertz CT molecular complexity index is 260. The van der Waals surface area contributed by atoms with Crippen LogP contribution in [0.4, 0.5) is 0 Å². The first-order valence-electron chi connectivity index (χ1n) is 8.81. The molecular weight excluding hydrogens is 268 g/mol. The van der Waals surface area contributed by atoms with Crippen molar-refractivity contribution in [2.24, 2.45) is 0 Å². The lowest BCUT2D eigenvalue weighted by molar-refractivity contribution is -0.119. The van der Waals surface area contributed by atoms with Crippen molar-refractivity contribution < 1.29 is 4.79 Å². The first-order valence-corrected chi connectivity index (χ1v) is 9.19. The van der Waals surface area contributed by atoms with Gasteiger partial charge in [0.15, 0.2) is 0 Å². The molecule has 1 aliphatic carbocycles. The Morgan fingerprint density at radius 3 is 1.65 bits per heavy atom. The van der Waals surface area contributed by atoms with Crippen molar-refractivity contribution in [3.63, 3.8) is 0 Å². The van der Waals surface area contributed by atoms with Crippen molar-refractivity contribution in [1.29, 1.82) is 0 Å². The van der Waals surface area contributed by atoms with Gasteiger partial charge in [0, 0.05) is 17.7 Å². The van der Waals surface area contributed by atoms with Crippen LogP contribution in [-0.2, 0) is 4.79 Å². The summed E-state index contributed by atoms with van der Waals surface area (Å²) in [4.78, 5) is 11.7. The van der Waals surface area contributed by atoms with E-state index >= 15 is 0 Å². The Hall–Kier alpha value is -0.0400. The number of hydrogen-bond acceptors (Lipinski definition) is 1. The highest BCUT2D eigenvalue weighted by molar-refractivity contribution is 6.24. The molecular formula is C18H33ClO. The van der Waals surface area contributed by atoms with Crippen LogP contribution in [0.2, 0.25) is 0 Å². The minimum Gasteiger partial charge on any atom is -0.300 e. The molecule has 0 aliphatic heterocycles. The lowest BCUT2D eigenvalue weighted by Crippen LogP contribution is -2.21. The Morgan fingerprint density at radius 1 is 0.750 bits per heavy atom. The summed E-state index contributed by atoms with van der Waals surface area (Å²) in [6.07, 6.45) is 18.0. The number of ketones is 1. The van der Waals surface area contributed by atoms with Gasteiger partial charge < -0.3 is 0 Å². The van der Waals surface area contributed by atoms with Crippen molar-refractivity contribution in [3.8, 4) is 0 Å². The molecule has 0 N–H and O–H groups in total. The van der Waals surface area contributed by atoms with Crippen LogP contribution in [0.3, 0.4) is 0 Å². The fraction of sp³-hybridized carbons (Fsp3) is 0.944. The molecule has 1 rings (SSSR count). The van der Waals surface area contributed by atoms with Gasteiger partial charge in [-0.1, -0.05) is 70.6 Å². The molecule has 0 radical (unpaired) electrons. The average molecular weight is 301 g/mol. The second-order valence-electron chi connectivity index (χ2n) is 6.87. The number of rotatable bonds is 0. The molecule has 0 aromatic carbocycles. The zero-order valence-electron chi connectivity index (χ0n) is 13.4. The molecule has 0 amide bonds. The van der Waals surface area contributed by atoms with E-state index in [0.29, 0.717) is 12.2 Å². The van der Waals surface area contributed by atoms with Gasteiger partial charge in [-0.3, -0.25) is 4.79 Å². The van der Waals surface area contributed by atoms with Crippen LogP contribution in [0.5, 0.6) is 0 Å². The number of alkyl halides is 1. The summed E-state index contributed by atoms with van der Waals surface area (Å²) in [7, 11) is 0. The number of hydrogen-bond donors (Lipinski definition) is 0. The molecule has 0 bridgehead atoms. The van der Waals surface area contributed by atoms with Gasteiger partial charge in [-0.15, -0.1) is 11.6 Å². The second kappa shape index (κ2) is 10.7. The molecule has 1 nitrogen and oxygen atoms in total. The number of carbonyl (C=O) groups is 1. The summed E-state index contributed by atoms with van der Waals surface area (Å²) in [6.45, 7) is 2.04. The maximum atomic E-state index is 12.0. The van der Waals surface area contributed by atoms with Gasteiger partial charge in [0.2, 0.25) is 0 Å². The van der Waals surface area contributed by atoms with E-state index < -0.39 is 0 Å². The summed E-state index contributed by atoms with van der Waals surface area (Å²) in [5.41, 5.74) is 0. The smallest absolute Gasteiger partial charge is 0.134 e. The Balaban J connectivity index is 2.32. The monoisotopic (exact) mass is 300 g/mol. The van der Waals surface area contributed by atoms with Crippen LogP contribution < -0.4 is 0 Å². The van der Waals surface area contributed by atoms with Gasteiger partial charge in [0.25, 0.3) is 0 Å². The standard InChI is InChI=1S/C18H33ClO/c1-18(19)15-13-11-9-7-5-3-2-4-6-8-10-12-14-17(20)16-18/h2-16H2,1H3. The van der Waals surface area contributed by atoms with Gasteiger partial charge in [0.05, 0.1) is 0 Å². The molecule has 1 unspecified atom stereocenters. The highest BCUT2D eigenvalue weighted by atomic mass is 35.5. The van der Waals surface area contributed by atoms with Crippen LogP contribution >= 0.6 is 11.6 Å². The highest BCUT2D eigenvalue weighted by Crippen LogP contribution is 2.28. The van der Waals surface area contributed by atoms with Gasteiger partial charge in [-0.2, -0.15) is 0 Å². The Morgan fingerprint density at radius 2 is 1.15 bits per heavy atom. The summed E-state index contributed by atoms with van der Waals surface area (Å²) in [5, 5.41) is 0. The summed E-state index contributed by atoms with van der Waals surface area (Å²) in [5.74, 6) is 0.367. The van der Waals surface area contributed by atoms with Crippen LogP contribution in [0.15, 0.2) is 0 Å². The highest BCUT2D eigenvalue weighted by Gasteiger charge is 2.23. The van der Waals surface area contributed by atoms with Gasteiger partial charge in [-0.05, 0) is 19.8 Å². The second-order valence-corrected chi connectivity index (χ2v) is 7.78. The van der Waals surface area contributed by atoms with Crippen LogP contribution in [0.25, 0.3) is 0 Å². The maximum Gasteiger partial charge on any atom is 0.134 e. The molecule has 0 aromatic heterocycles. The molecule has 118 valence electrons. The number of halogens is 1. The SMILES string of the molecule is CC1(Cl)CCCCCCCCCCCCCCC(=O)C1. The molecule has 20 heavy (non-hydrogen) atoms. The molecule has 0 spiro atoms. The van der Waals surface area contributed by atoms with Gasteiger partial charge in [-0.25, -0.2) is 0 Å². The molecule has 0 heterocycles. The van der Waals surface area contributed by atoms with E-state index in [-0.39, 0.29) is 4.87 Å². The average Bonchev–Trinajstić information content (AvgIpc) is 2.37. The first kappa shape index (κ1) is 18.0. The largest absolute Gasteiger partial charge is 0.300 e. The number of carbonyl (C=O) groups excluding carboxylic acids is 1. The van der Waals surface area contributed by atoms with Crippen molar-refractivity contribution in [3.05, 3.63) is 0 Å². The molecule has 0 aromatic rings. The van der Waals surface area contributed by atoms with E-state index in [1.165, 1.54) is 70.6 Å². The van der Waals surface area contributed by atoms with Crippen LogP contribution in [-0.4, -0.2) is 10.7 Å². The maximum absolute atomic E-state index is 12.0. The van der Waals surface area contributed by atoms with Crippen molar-refractivity contribution in [2.45, 2.75) is 108 Å². The fourth-order valence-corrected chi connectivity index (χ4v) is 3.45. The molecule has 0 saturated heterocycles. The number of Topliss-reactive ketones (excluding diaryl/α,β-unsaturated/α-hetero) is 1. The summed E-state index contributed by atoms with van der Waals surface area (Å²) in [6, 6.07) is 0. The zero-order chi connectivity index (χ0) is 14.7. The third kappa shape index (κ3) is 9.80. The predicted octanol–water partition coefficient (Wildman–Crippen LogP) is 6.42. The van der Waals surface area contributed by atoms with Crippen molar-refractivity contribution >= 4 is 17.4 Å². The lowest BCUT2D eigenvalue weighted by atomic mass is 9.94. The van der Waals surface area contributed by atoms with E-state index in [4.69, 9.17) is 11.6 Å². The molecule has 2 heteroatoms. The minimum absolute atomic E-state index is 0.301. The Labute approximate surface area is 130 Å². The third-order valence-electron chi connectivity index (χ3n) is 4.47. The van der Waals surface area contributed by atoms with E-state index in [9.17, 15) is 4.79 Å². The zero-order valence-corrected chi connectivity index (χ0v) is 14.1. The lowest BCUT2D eigenvalue weighted by Gasteiger charge is -2.21. The molecule has 1 aliphatic rings. The Kier molecular flexibility index (Phi) is 9.59. The van der Waals surface area contributed by atoms with Crippen LogP contribution in [0, 0.1) is 0 Å². The van der Waals surface area contributed by atoms with Gasteiger partial charge in [0.1, 0.15) is 5.78 Å².